The van der Waals surface area contributed by atoms with Crippen LogP contribution in [0.4, 0.5) is 8.78 Å². The Morgan fingerprint density at radius 1 is 1.22 bits per heavy atom. The number of hydrogen-bond donors (Lipinski definition) is 1. The van der Waals surface area contributed by atoms with Crippen LogP contribution in [0.5, 0.6) is 5.75 Å². The summed E-state index contributed by atoms with van der Waals surface area (Å²) < 4.78 is 53.5. The average Bonchev–Trinajstić information content (AvgIpc) is 3.49. The van der Waals surface area contributed by atoms with E-state index >= 15 is 0 Å². The Hall–Kier alpha value is -3.27. The summed E-state index contributed by atoms with van der Waals surface area (Å²) in [5, 5.41) is 3.01. The van der Waals surface area contributed by atoms with Gasteiger partial charge in [0.05, 0.1) is 18.2 Å². The van der Waals surface area contributed by atoms with E-state index < -0.39 is 37.2 Å². The normalized spacial score (nSPS) is 18.3. The van der Waals surface area contributed by atoms with Crippen molar-refractivity contribution < 1.29 is 37.0 Å². The number of carbonyl (C=O) groups excluding carboxylic acids is 3. The largest absolute Gasteiger partial charge is 0.484 e. The van der Waals surface area contributed by atoms with Gasteiger partial charge in [-0.3, -0.25) is 18.9 Å². The second-order valence-corrected chi connectivity index (χ2v) is 12.9. The van der Waals surface area contributed by atoms with Crippen LogP contribution in [0.15, 0.2) is 42.6 Å². The zero-order chi connectivity index (χ0) is 29.9. The van der Waals surface area contributed by atoms with Gasteiger partial charge in [-0.1, -0.05) is 23.7 Å². The molecule has 1 N–H and O–H groups in total. The van der Waals surface area contributed by atoms with E-state index in [9.17, 15) is 27.7 Å². The lowest BCUT2D eigenvalue weighted by Gasteiger charge is -2.24. The Bertz CT molecular complexity index is 1530. The Morgan fingerprint density at radius 3 is 2.68 bits per heavy atom. The molecule has 1 aliphatic heterocycles. The van der Waals surface area contributed by atoms with E-state index in [0.29, 0.717) is 22.2 Å². The van der Waals surface area contributed by atoms with Gasteiger partial charge in [0.2, 0.25) is 19.2 Å². The highest BCUT2D eigenvalue weighted by Gasteiger charge is 2.39. The van der Waals surface area contributed by atoms with Gasteiger partial charge in [-0.05, 0) is 38.1 Å². The Kier molecular flexibility index (Phi) is 9.51. The first-order valence-electron chi connectivity index (χ1n) is 13.0. The minimum absolute atomic E-state index is 0.0864. The number of carbonyl (C=O) groups is 3. The summed E-state index contributed by atoms with van der Waals surface area (Å²) in [5.74, 6) is -1.66. The van der Waals surface area contributed by atoms with Gasteiger partial charge in [-0.25, -0.2) is 8.78 Å². The van der Waals surface area contributed by atoms with Crippen molar-refractivity contribution >= 4 is 47.5 Å². The van der Waals surface area contributed by atoms with Gasteiger partial charge in [0, 0.05) is 47.9 Å². The van der Waals surface area contributed by atoms with Crippen molar-refractivity contribution in [1.82, 2.24) is 14.8 Å². The molecule has 0 radical (unpaired) electrons. The maximum absolute atomic E-state index is 14.4. The van der Waals surface area contributed by atoms with Crippen molar-refractivity contribution in [1.29, 1.82) is 0 Å². The molecule has 4 rings (SSSR count). The summed E-state index contributed by atoms with van der Waals surface area (Å²) in [4.78, 5) is 39.8. The molecule has 1 aromatic heterocycles. The maximum Gasteiger partial charge on any atom is 0.243 e. The van der Waals surface area contributed by atoms with E-state index in [1.165, 1.54) is 31.9 Å². The summed E-state index contributed by atoms with van der Waals surface area (Å²) >= 11 is 5.80. The molecule has 2 heterocycles. The zero-order valence-corrected chi connectivity index (χ0v) is 24.5. The third kappa shape index (κ3) is 7.15. The van der Waals surface area contributed by atoms with Crippen LogP contribution in [0.1, 0.15) is 36.2 Å². The molecule has 1 saturated heterocycles. The Morgan fingerprint density at radius 2 is 1.98 bits per heavy atom. The average molecular weight is 610 g/mol. The molecule has 0 spiro atoms. The number of rotatable bonds is 11. The molecule has 0 saturated carbocycles. The minimum Gasteiger partial charge on any atom is -0.484 e. The van der Waals surface area contributed by atoms with Crippen LogP contribution in [0.3, 0.4) is 0 Å². The highest BCUT2D eigenvalue weighted by molar-refractivity contribution is 7.57. The van der Waals surface area contributed by atoms with Crippen LogP contribution in [-0.4, -0.2) is 65.4 Å². The summed E-state index contributed by atoms with van der Waals surface area (Å²) in [6, 6.07) is 8.23. The lowest BCUT2D eigenvalue weighted by molar-refractivity contribution is -0.139. The van der Waals surface area contributed by atoms with Crippen molar-refractivity contribution in [2.45, 2.75) is 45.6 Å². The van der Waals surface area contributed by atoms with Gasteiger partial charge in [0.1, 0.15) is 30.3 Å². The molecule has 3 atom stereocenters. The summed E-state index contributed by atoms with van der Waals surface area (Å²) in [7, 11) is -2.95. The number of Topliss-reactive ketones (excluding diaryl/α,β-unsaturated/α-hetero) is 1. The van der Waals surface area contributed by atoms with Crippen molar-refractivity contribution in [3.8, 4) is 5.75 Å². The van der Waals surface area contributed by atoms with Crippen LogP contribution < -0.4 is 10.1 Å². The van der Waals surface area contributed by atoms with E-state index in [0.717, 1.165) is 4.90 Å². The Balaban J connectivity index is 1.50. The number of halogens is 3. The highest BCUT2D eigenvalue weighted by atomic mass is 35.5. The third-order valence-electron chi connectivity index (χ3n) is 6.76. The number of aromatic nitrogens is 1. The van der Waals surface area contributed by atoms with Crippen LogP contribution in [-0.2, 0) is 31.8 Å². The molecule has 0 bridgehead atoms. The lowest BCUT2D eigenvalue weighted by atomic mass is 10.1. The fourth-order valence-electron chi connectivity index (χ4n) is 4.81. The van der Waals surface area contributed by atoms with Gasteiger partial charge in [0.15, 0.2) is 12.1 Å². The predicted octanol–water partition coefficient (Wildman–Crippen LogP) is 5.17. The Labute approximate surface area is 241 Å². The van der Waals surface area contributed by atoms with E-state index in [-0.39, 0.29) is 55.4 Å². The molecule has 220 valence electrons. The summed E-state index contributed by atoms with van der Waals surface area (Å²) in [6.07, 6.45) is -0.213. The second kappa shape index (κ2) is 12.7. The van der Waals surface area contributed by atoms with Crippen LogP contribution in [0.25, 0.3) is 10.9 Å². The van der Waals surface area contributed by atoms with E-state index in [4.69, 9.17) is 20.9 Å². The standard InChI is InChI=1S/C28H31ClF2N3O6P/c1-4-40-41(3,38)16-39-20-8-9-24-21(11-20)22(17(2)35)14-33(24)15-26(36)34-13-19(30)10-25(34)28(37)32-12-18-6-5-7-23(29)27(18)31/h5-9,11,14,19,25H,4,10,12-13,15-16H2,1-3H3,(H,32,37)/t19-,25+,41?/m1/s1. The monoisotopic (exact) mass is 609 g/mol. The molecule has 41 heavy (non-hydrogen) atoms. The number of ether oxygens (including phenoxy) is 1. The first-order valence-corrected chi connectivity index (χ1v) is 15.7. The molecule has 1 fully saturated rings. The molecule has 3 aromatic rings. The minimum atomic E-state index is -2.95. The summed E-state index contributed by atoms with van der Waals surface area (Å²) in [5.41, 5.74) is 1.05. The first-order chi connectivity index (χ1) is 19.4. The summed E-state index contributed by atoms with van der Waals surface area (Å²) in [6.45, 7) is 4.19. The van der Waals surface area contributed by atoms with Gasteiger partial charge in [0.25, 0.3) is 0 Å². The number of alkyl halides is 1. The smallest absolute Gasteiger partial charge is 0.243 e. The highest BCUT2D eigenvalue weighted by Crippen LogP contribution is 2.42. The lowest BCUT2D eigenvalue weighted by Crippen LogP contribution is -2.46. The molecular weight excluding hydrogens is 579 g/mol. The SMILES string of the molecule is CCOP(C)(=O)COc1ccc2c(c1)c(C(C)=O)cn2CC(=O)N1C[C@H](F)C[C@H]1C(=O)NCc1cccc(Cl)c1F. The molecule has 13 heteroatoms. The maximum atomic E-state index is 14.4. The molecule has 1 aliphatic rings. The predicted molar refractivity (Wildman–Crippen MR) is 151 cm³/mol. The van der Waals surface area contributed by atoms with E-state index in [1.807, 2.05) is 0 Å². The quantitative estimate of drug-likeness (QED) is 0.237. The van der Waals surface area contributed by atoms with Crippen molar-refractivity contribution in [2.24, 2.45) is 0 Å². The van der Waals surface area contributed by atoms with Crippen LogP contribution >= 0.6 is 19.0 Å². The number of benzene rings is 2. The van der Waals surface area contributed by atoms with Crippen molar-refractivity contribution in [3.05, 3.63) is 64.6 Å². The molecule has 1 unspecified atom stereocenters. The number of ketones is 1. The molecular formula is C28H31ClF2N3O6P. The molecule has 2 amide bonds. The zero-order valence-electron chi connectivity index (χ0n) is 22.9. The molecule has 9 nitrogen and oxygen atoms in total. The fourth-order valence-corrected chi connectivity index (χ4v) is 6.01. The van der Waals surface area contributed by atoms with Gasteiger partial charge < -0.3 is 24.0 Å². The molecule has 0 aliphatic carbocycles. The number of fused-ring (bicyclic) bond motifs is 1. The second-order valence-electron chi connectivity index (χ2n) is 9.94. The number of nitrogens with zero attached hydrogens (tertiary/aromatic N) is 2. The van der Waals surface area contributed by atoms with Crippen LogP contribution in [0.2, 0.25) is 5.02 Å². The van der Waals surface area contributed by atoms with Gasteiger partial charge in [-0.15, -0.1) is 0 Å². The number of nitrogens with one attached hydrogen (secondary N) is 1. The molecule has 2 aromatic carbocycles. The van der Waals surface area contributed by atoms with Crippen LogP contribution in [0, 0.1) is 5.82 Å². The van der Waals surface area contributed by atoms with E-state index in [1.54, 1.807) is 35.8 Å². The third-order valence-corrected chi connectivity index (χ3v) is 8.46. The number of likely N-dealkylation sites (tertiary alicyclic amines) is 1. The van der Waals surface area contributed by atoms with Gasteiger partial charge in [-0.2, -0.15) is 0 Å². The first kappa shape index (κ1) is 30.7. The number of amides is 2. The van der Waals surface area contributed by atoms with Crippen molar-refractivity contribution in [2.75, 3.05) is 26.2 Å². The fraction of sp³-hybridized carbons (Fsp3) is 0.393. The number of hydrogen-bond acceptors (Lipinski definition) is 6. The van der Waals surface area contributed by atoms with Gasteiger partial charge >= 0.3 is 0 Å². The van der Waals surface area contributed by atoms with E-state index in [2.05, 4.69) is 5.32 Å². The van der Waals surface area contributed by atoms with Crippen molar-refractivity contribution in [3.63, 3.8) is 0 Å². The topological polar surface area (TPSA) is 107 Å².